The number of aromatic nitrogens is 2. The summed E-state index contributed by atoms with van der Waals surface area (Å²) in [4.78, 5) is 20.9. The van der Waals surface area contributed by atoms with E-state index >= 15 is 0 Å². The van der Waals surface area contributed by atoms with E-state index in [1.54, 1.807) is 7.11 Å². The molecule has 2 fully saturated rings. The molecule has 0 amide bonds. The molecule has 0 bridgehead atoms. The van der Waals surface area contributed by atoms with Crippen LogP contribution in [-0.4, -0.2) is 58.4 Å². The summed E-state index contributed by atoms with van der Waals surface area (Å²) in [6.07, 6.45) is 4.51. The van der Waals surface area contributed by atoms with Crippen LogP contribution in [0.1, 0.15) is 53.6 Å². The molecule has 2 aliphatic rings. The molecule has 3 N–H and O–H groups in total. The lowest BCUT2D eigenvalue weighted by atomic mass is 9.92. The van der Waals surface area contributed by atoms with Crippen molar-refractivity contribution in [1.29, 1.82) is 0 Å². The van der Waals surface area contributed by atoms with Gasteiger partial charge in [-0.3, -0.25) is 9.69 Å². The van der Waals surface area contributed by atoms with Crippen molar-refractivity contribution in [2.75, 3.05) is 26.7 Å². The second-order valence-corrected chi connectivity index (χ2v) is 10.5. The van der Waals surface area contributed by atoms with Crippen LogP contribution in [0.15, 0.2) is 59.7 Å². The van der Waals surface area contributed by atoms with Crippen LogP contribution in [-0.2, 0) is 17.7 Å². The Morgan fingerprint density at radius 2 is 1.78 bits per heavy atom. The molecule has 192 valence electrons. The number of rotatable bonds is 9. The molecule has 1 aliphatic carbocycles. The Hall–Kier alpha value is -3.44. The first-order chi connectivity index (χ1) is 17.9. The van der Waals surface area contributed by atoms with E-state index in [1.807, 2.05) is 12.1 Å². The number of nitrogens with one attached hydrogen (secondary N) is 2. The van der Waals surface area contributed by atoms with Gasteiger partial charge in [-0.2, -0.15) is 0 Å². The van der Waals surface area contributed by atoms with Gasteiger partial charge in [0.25, 0.3) is 5.56 Å². The minimum atomic E-state index is -0.509. The molecule has 1 aromatic heterocycles. The van der Waals surface area contributed by atoms with Gasteiger partial charge in [-0.25, -0.2) is 4.98 Å². The summed E-state index contributed by atoms with van der Waals surface area (Å²) in [6.45, 7) is 5.89. The van der Waals surface area contributed by atoms with Crippen LogP contribution < -0.4 is 10.9 Å². The van der Waals surface area contributed by atoms with Crippen molar-refractivity contribution in [3.8, 4) is 17.6 Å². The van der Waals surface area contributed by atoms with Gasteiger partial charge in [0.2, 0.25) is 5.75 Å². The van der Waals surface area contributed by atoms with Gasteiger partial charge in [0, 0.05) is 62.3 Å². The molecule has 0 unspecified atom stereocenters. The van der Waals surface area contributed by atoms with Gasteiger partial charge >= 0.3 is 0 Å². The van der Waals surface area contributed by atoms with Crippen molar-refractivity contribution in [1.82, 2.24) is 20.2 Å². The number of benzene rings is 2. The number of hydrogen-bond donors (Lipinski definition) is 3. The van der Waals surface area contributed by atoms with Crippen molar-refractivity contribution in [2.45, 2.75) is 50.3 Å². The molecule has 2 heterocycles. The minimum Gasteiger partial charge on any atom is -0.502 e. The number of H-pyrrole nitrogens is 1. The van der Waals surface area contributed by atoms with E-state index in [9.17, 15) is 9.90 Å². The van der Waals surface area contributed by atoms with Crippen molar-refractivity contribution < 1.29 is 9.84 Å². The van der Waals surface area contributed by atoms with E-state index in [2.05, 4.69) is 75.3 Å². The summed E-state index contributed by atoms with van der Waals surface area (Å²) < 4.78 is 5.34. The maximum Gasteiger partial charge on any atom is 0.293 e. The maximum atomic E-state index is 11.8. The zero-order valence-corrected chi connectivity index (χ0v) is 21.5. The highest BCUT2D eigenvalue weighted by Gasteiger charge is 2.37. The summed E-state index contributed by atoms with van der Waals surface area (Å²) in [5.41, 5.74) is 4.42. The van der Waals surface area contributed by atoms with E-state index in [4.69, 9.17) is 4.74 Å². The van der Waals surface area contributed by atoms with Crippen LogP contribution in [0.25, 0.3) is 0 Å². The molecule has 3 aromatic rings. The molecule has 1 saturated carbocycles. The Balaban J connectivity index is 1.24. The number of hydrogen-bond acceptors (Lipinski definition) is 6. The zero-order chi connectivity index (χ0) is 25.8. The van der Waals surface area contributed by atoms with Crippen LogP contribution in [0.5, 0.6) is 5.75 Å². The molecule has 5 rings (SSSR count). The molecule has 1 aliphatic heterocycles. The van der Waals surface area contributed by atoms with Crippen LogP contribution in [0.4, 0.5) is 0 Å². The molecular formula is C30H34N4O3. The lowest BCUT2D eigenvalue weighted by molar-refractivity contribution is -0.0333. The van der Waals surface area contributed by atoms with Crippen molar-refractivity contribution in [2.24, 2.45) is 0 Å². The lowest BCUT2D eigenvalue weighted by Crippen LogP contribution is -2.50. The predicted molar refractivity (Wildman–Crippen MR) is 144 cm³/mol. The van der Waals surface area contributed by atoms with Crippen molar-refractivity contribution in [3.05, 3.63) is 93.2 Å². The average molecular weight is 499 g/mol. The van der Waals surface area contributed by atoms with Crippen molar-refractivity contribution >= 4 is 0 Å². The monoisotopic (exact) mass is 498 g/mol. The fourth-order valence-electron chi connectivity index (χ4n) is 4.59. The number of methoxy groups -OCH3 is 1. The molecule has 2 aromatic carbocycles. The van der Waals surface area contributed by atoms with Crippen LogP contribution in [0.2, 0.25) is 0 Å². The Morgan fingerprint density at radius 3 is 2.41 bits per heavy atom. The minimum absolute atomic E-state index is 0.0674. The van der Waals surface area contributed by atoms with E-state index in [1.165, 1.54) is 11.9 Å². The summed E-state index contributed by atoms with van der Waals surface area (Å²) >= 11 is 0. The van der Waals surface area contributed by atoms with Gasteiger partial charge in [0.15, 0.2) is 0 Å². The summed E-state index contributed by atoms with van der Waals surface area (Å²) in [5.74, 6) is 6.29. The molecule has 7 heteroatoms. The Kier molecular flexibility index (Phi) is 7.43. The van der Waals surface area contributed by atoms with Gasteiger partial charge < -0.3 is 20.1 Å². The summed E-state index contributed by atoms with van der Waals surface area (Å²) in [7, 11) is 1.77. The third-order valence-electron chi connectivity index (χ3n) is 7.47. The molecule has 7 nitrogen and oxygen atoms in total. The van der Waals surface area contributed by atoms with Gasteiger partial charge in [-0.05, 0) is 55.2 Å². The highest BCUT2D eigenvalue weighted by atomic mass is 16.5. The summed E-state index contributed by atoms with van der Waals surface area (Å²) in [6, 6.07) is 16.7. The van der Waals surface area contributed by atoms with Crippen LogP contribution in [0.3, 0.4) is 0 Å². The number of aromatic amines is 1. The van der Waals surface area contributed by atoms with Gasteiger partial charge in [-0.15, -0.1) is 0 Å². The highest BCUT2D eigenvalue weighted by molar-refractivity contribution is 5.44. The molecule has 37 heavy (non-hydrogen) atoms. The van der Waals surface area contributed by atoms with E-state index in [-0.39, 0.29) is 17.2 Å². The normalized spacial score (nSPS) is 17.5. The standard InChI is InChI=1S/C30H34N4O3/c1-30(13-14-30)33-16-25(15-27-28(35)29(36)32-20-31-27)24-11-9-22(10-12-24)4-3-21-5-7-23(8-6-21)17-34-18-26(19-34)37-2/h5-12,20,25-26,33,35H,13-19H2,1-2H3,(H,31,32,36)/t25-/m1/s1. The van der Waals surface area contributed by atoms with Gasteiger partial charge in [-0.1, -0.05) is 36.1 Å². The van der Waals surface area contributed by atoms with Gasteiger partial charge in [0.1, 0.15) is 0 Å². The quantitative estimate of drug-likeness (QED) is 0.393. The van der Waals surface area contributed by atoms with Crippen LogP contribution >= 0.6 is 0 Å². The largest absolute Gasteiger partial charge is 0.502 e. The third kappa shape index (κ3) is 6.47. The Bertz CT molecular complexity index is 1330. The average Bonchev–Trinajstić information content (AvgIpc) is 3.63. The molecule has 1 atom stereocenters. The molecular weight excluding hydrogens is 464 g/mol. The number of ether oxygens (including phenoxy) is 1. The van der Waals surface area contributed by atoms with E-state index in [0.717, 1.165) is 55.7 Å². The second-order valence-electron chi connectivity index (χ2n) is 10.5. The zero-order valence-electron chi connectivity index (χ0n) is 21.5. The fraction of sp³-hybridized carbons (Fsp3) is 0.400. The number of likely N-dealkylation sites (tertiary alicyclic amines) is 1. The summed E-state index contributed by atoms with van der Waals surface area (Å²) in [5, 5.41) is 13.8. The highest BCUT2D eigenvalue weighted by Crippen LogP contribution is 2.35. The first-order valence-electron chi connectivity index (χ1n) is 12.9. The van der Waals surface area contributed by atoms with Crippen LogP contribution in [0, 0.1) is 11.8 Å². The van der Waals surface area contributed by atoms with Gasteiger partial charge in [0.05, 0.1) is 18.1 Å². The Labute approximate surface area is 217 Å². The smallest absolute Gasteiger partial charge is 0.293 e. The molecule has 0 radical (unpaired) electrons. The maximum absolute atomic E-state index is 11.8. The third-order valence-corrected chi connectivity index (χ3v) is 7.47. The number of nitrogens with zero attached hydrogens (tertiary/aromatic N) is 2. The SMILES string of the molecule is COC1CN(Cc2ccc(C#Cc3ccc([C@@H](CNC4(C)CC4)Cc4nc[nH]c(=O)c4O)cc3)cc2)C1. The lowest BCUT2D eigenvalue weighted by Gasteiger charge is -2.38. The number of aromatic hydroxyl groups is 1. The topological polar surface area (TPSA) is 90.5 Å². The van der Waals surface area contributed by atoms with Crippen molar-refractivity contribution in [3.63, 3.8) is 0 Å². The van der Waals surface area contributed by atoms with E-state index < -0.39 is 5.56 Å². The van der Waals surface area contributed by atoms with E-state index in [0.29, 0.717) is 18.2 Å². The predicted octanol–water partition coefficient (Wildman–Crippen LogP) is 3.17. The first kappa shape index (κ1) is 25.2. The fourth-order valence-corrected chi connectivity index (χ4v) is 4.59. The Morgan fingerprint density at radius 1 is 1.14 bits per heavy atom. The second kappa shape index (κ2) is 10.9. The molecule has 1 saturated heterocycles. The first-order valence-corrected chi connectivity index (χ1v) is 12.9. The molecule has 0 spiro atoms.